The fourth-order valence-corrected chi connectivity index (χ4v) is 1.86. The van der Waals surface area contributed by atoms with Crippen molar-refractivity contribution >= 4 is 18.0 Å². The van der Waals surface area contributed by atoms with E-state index >= 15 is 0 Å². The molecule has 3 N–H and O–H groups in total. The third kappa shape index (κ3) is 4.74. The second-order valence-corrected chi connectivity index (χ2v) is 4.39. The van der Waals surface area contributed by atoms with Crippen molar-refractivity contribution in [1.82, 2.24) is 10.2 Å². The molecule has 1 aliphatic heterocycles. The third-order valence-electron chi connectivity index (χ3n) is 3.03. The molecule has 8 heteroatoms. The first kappa shape index (κ1) is 15.2. The van der Waals surface area contributed by atoms with Crippen molar-refractivity contribution in [2.24, 2.45) is 0 Å². The van der Waals surface area contributed by atoms with Gasteiger partial charge in [-0.15, -0.1) is 0 Å². The molecule has 0 spiro atoms. The highest BCUT2D eigenvalue weighted by Gasteiger charge is 2.27. The topological polar surface area (TPSA) is 116 Å². The second-order valence-electron chi connectivity index (χ2n) is 4.39. The molecule has 0 saturated carbocycles. The molecule has 0 aliphatic carbocycles. The lowest BCUT2D eigenvalue weighted by Crippen LogP contribution is -2.51. The number of carboxylic acid groups (broad SMARTS) is 2. The van der Waals surface area contributed by atoms with Crippen molar-refractivity contribution in [1.29, 1.82) is 0 Å². The van der Waals surface area contributed by atoms with Gasteiger partial charge in [0.05, 0.1) is 6.42 Å². The van der Waals surface area contributed by atoms with Crippen molar-refractivity contribution < 1.29 is 29.3 Å². The zero-order valence-corrected chi connectivity index (χ0v) is 10.7. The van der Waals surface area contributed by atoms with Gasteiger partial charge >= 0.3 is 18.0 Å². The van der Waals surface area contributed by atoms with E-state index in [1.165, 1.54) is 4.90 Å². The van der Waals surface area contributed by atoms with Gasteiger partial charge in [-0.25, -0.2) is 9.59 Å². The molecule has 0 radical (unpaired) electrons. The zero-order valence-electron chi connectivity index (χ0n) is 10.7. The van der Waals surface area contributed by atoms with Gasteiger partial charge < -0.3 is 25.2 Å². The van der Waals surface area contributed by atoms with Crippen LogP contribution in [0.1, 0.15) is 19.3 Å². The minimum atomic E-state index is -1.42. The van der Waals surface area contributed by atoms with E-state index in [1.54, 1.807) is 7.05 Å². The maximum Gasteiger partial charge on any atom is 0.326 e. The summed E-state index contributed by atoms with van der Waals surface area (Å²) in [5.41, 5.74) is 0. The molecule has 1 rings (SSSR count). The average Bonchev–Trinajstić information content (AvgIpc) is 2.37. The van der Waals surface area contributed by atoms with Crippen LogP contribution in [-0.4, -0.2) is 65.4 Å². The summed E-state index contributed by atoms with van der Waals surface area (Å²) in [6.45, 7) is 1.11. The van der Waals surface area contributed by atoms with Gasteiger partial charge in [0, 0.05) is 26.3 Å². The van der Waals surface area contributed by atoms with Gasteiger partial charge in [0.2, 0.25) is 0 Å². The predicted octanol–water partition coefficient (Wildman–Crippen LogP) is -0.265. The number of carbonyl (C=O) groups excluding carboxylic acids is 1. The monoisotopic (exact) mass is 274 g/mol. The van der Waals surface area contributed by atoms with Crippen molar-refractivity contribution in [3.05, 3.63) is 0 Å². The Labute approximate surface area is 110 Å². The summed E-state index contributed by atoms with van der Waals surface area (Å²) < 4.78 is 5.17. The molecule has 8 nitrogen and oxygen atoms in total. The highest BCUT2D eigenvalue weighted by atomic mass is 16.5. The number of rotatable bonds is 5. The number of carboxylic acids is 2. The van der Waals surface area contributed by atoms with Crippen LogP contribution < -0.4 is 5.32 Å². The fraction of sp³-hybridized carbons (Fsp3) is 0.727. The van der Waals surface area contributed by atoms with E-state index in [0.717, 1.165) is 0 Å². The minimum absolute atomic E-state index is 0.0203. The number of hydrogen-bond donors (Lipinski definition) is 3. The van der Waals surface area contributed by atoms with Crippen molar-refractivity contribution in [3.63, 3.8) is 0 Å². The van der Waals surface area contributed by atoms with E-state index in [9.17, 15) is 14.4 Å². The van der Waals surface area contributed by atoms with E-state index in [1.807, 2.05) is 0 Å². The summed E-state index contributed by atoms with van der Waals surface area (Å²) in [4.78, 5) is 34.6. The fourth-order valence-electron chi connectivity index (χ4n) is 1.86. The molecule has 0 aromatic heterocycles. The number of carbonyl (C=O) groups is 3. The van der Waals surface area contributed by atoms with E-state index in [0.29, 0.717) is 26.1 Å². The molecule has 0 aromatic carbocycles. The highest BCUT2D eigenvalue weighted by Crippen LogP contribution is 2.13. The van der Waals surface area contributed by atoms with Gasteiger partial charge in [-0.05, 0) is 12.8 Å². The second kappa shape index (κ2) is 6.93. The van der Waals surface area contributed by atoms with Crippen LogP contribution in [-0.2, 0) is 14.3 Å². The number of ether oxygens (including phenoxy) is 1. The molecular weight excluding hydrogens is 256 g/mol. The summed E-state index contributed by atoms with van der Waals surface area (Å²) in [5.74, 6) is -2.64. The van der Waals surface area contributed by atoms with Crippen LogP contribution in [0.5, 0.6) is 0 Å². The lowest BCUT2D eigenvalue weighted by Gasteiger charge is -2.31. The molecule has 1 atom stereocenters. The number of nitrogens with zero attached hydrogens (tertiary/aromatic N) is 1. The largest absolute Gasteiger partial charge is 0.481 e. The quantitative estimate of drug-likeness (QED) is 0.635. The Kier molecular flexibility index (Phi) is 5.56. The Morgan fingerprint density at radius 2 is 1.89 bits per heavy atom. The third-order valence-corrected chi connectivity index (χ3v) is 3.03. The predicted molar refractivity (Wildman–Crippen MR) is 63.8 cm³/mol. The van der Waals surface area contributed by atoms with Crippen LogP contribution >= 0.6 is 0 Å². The van der Waals surface area contributed by atoms with Crippen molar-refractivity contribution in [2.45, 2.75) is 31.3 Å². The number of urea groups is 1. The van der Waals surface area contributed by atoms with Crippen LogP contribution in [0.3, 0.4) is 0 Å². The van der Waals surface area contributed by atoms with Crippen molar-refractivity contribution in [2.75, 3.05) is 20.3 Å². The van der Waals surface area contributed by atoms with Gasteiger partial charge in [-0.1, -0.05) is 0 Å². The van der Waals surface area contributed by atoms with Gasteiger partial charge in [0.1, 0.15) is 6.04 Å². The van der Waals surface area contributed by atoms with E-state index in [4.69, 9.17) is 14.9 Å². The SMILES string of the molecule is CN(C(=O)NC(CC(=O)O)C(=O)O)C1CCOCC1. The summed E-state index contributed by atoms with van der Waals surface area (Å²) in [6, 6.07) is -2.03. The lowest BCUT2D eigenvalue weighted by molar-refractivity contribution is -0.145. The zero-order chi connectivity index (χ0) is 14.4. The maximum absolute atomic E-state index is 11.9. The minimum Gasteiger partial charge on any atom is -0.481 e. The Morgan fingerprint density at radius 1 is 1.32 bits per heavy atom. The summed E-state index contributed by atoms with van der Waals surface area (Å²) in [6.07, 6.45) is 0.712. The molecule has 0 aromatic rings. The standard InChI is InChI=1S/C11H18N2O6/c1-13(7-2-4-19-5-3-7)11(18)12-8(10(16)17)6-9(14)15/h7-8H,2-6H2,1H3,(H,12,18)(H,14,15)(H,16,17). The van der Waals surface area contributed by atoms with Crippen LogP contribution in [0.15, 0.2) is 0 Å². The molecule has 1 unspecified atom stereocenters. The van der Waals surface area contributed by atoms with Gasteiger partial charge in [0.15, 0.2) is 0 Å². The maximum atomic E-state index is 11.9. The number of hydrogen-bond acceptors (Lipinski definition) is 4. The summed E-state index contributed by atoms with van der Waals surface area (Å²) in [7, 11) is 1.56. The van der Waals surface area contributed by atoms with Crippen molar-refractivity contribution in [3.8, 4) is 0 Å². The van der Waals surface area contributed by atoms with Crippen LogP contribution in [0.2, 0.25) is 0 Å². The van der Waals surface area contributed by atoms with Gasteiger partial charge in [0.25, 0.3) is 0 Å². The normalized spacial score (nSPS) is 17.5. The summed E-state index contributed by atoms with van der Waals surface area (Å²) >= 11 is 0. The van der Waals surface area contributed by atoms with Gasteiger partial charge in [-0.3, -0.25) is 4.79 Å². The Balaban J connectivity index is 2.55. The van der Waals surface area contributed by atoms with E-state index in [2.05, 4.69) is 5.32 Å². The average molecular weight is 274 g/mol. The molecular formula is C11H18N2O6. The molecule has 1 saturated heterocycles. The van der Waals surface area contributed by atoms with Crippen LogP contribution in [0.4, 0.5) is 4.79 Å². The number of nitrogens with one attached hydrogen (secondary N) is 1. The van der Waals surface area contributed by atoms with Crippen LogP contribution in [0.25, 0.3) is 0 Å². The molecule has 1 fully saturated rings. The van der Waals surface area contributed by atoms with Gasteiger partial charge in [-0.2, -0.15) is 0 Å². The first-order valence-corrected chi connectivity index (χ1v) is 5.97. The highest BCUT2D eigenvalue weighted by molar-refractivity contribution is 5.86. The first-order chi connectivity index (χ1) is 8.91. The molecule has 1 aliphatic rings. The Bertz CT molecular complexity index is 353. The molecule has 108 valence electrons. The Hall–Kier alpha value is -1.83. The molecule has 0 bridgehead atoms. The number of aliphatic carboxylic acids is 2. The number of amides is 2. The van der Waals surface area contributed by atoms with E-state index in [-0.39, 0.29) is 6.04 Å². The Morgan fingerprint density at radius 3 is 2.37 bits per heavy atom. The lowest BCUT2D eigenvalue weighted by atomic mass is 10.1. The first-order valence-electron chi connectivity index (χ1n) is 5.97. The summed E-state index contributed by atoms with van der Waals surface area (Å²) in [5, 5.41) is 19.6. The molecule has 1 heterocycles. The molecule has 2 amide bonds. The van der Waals surface area contributed by atoms with Crippen LogP contribution in [0, 0.1) is 0 Å². The smallest absolute Gasteiger partial charge is 0.326 e. The molecule has 19 heavy (non-hydrogen) atoms. The van der Waals surface area contributed by atoms with E-state index < -0.39 is 30.4 Å².